The van der Waals surface area contributed by atoms with E-state index in [0.717, 1.165) is 29.2 Å². The minimum atomic E-state index is 0.845. The summed E-state index contributed by atoms with van der Waals surface area (Å²) in [7, 11) is 0. The normalized spacial score (nSPS) is 53.1. The summed E-state index contributed by atoms with van der Waals surface area (Å²) in [5, 5.41) is 0. The van der Waals surface area contributed by atoms with E-state index in [4.69, 9.17) is 0 Å². The Labute approximate surface area is 87.9 Å². The second-order valence-electron chi connectivity index (χ2n) is 5.63. The predicted molar refractivity (Wildman–Crippen MR) is 59.1 cm³/mol. The molecule has 0 aromatic heterocycles. The second kappa shape index (κ2) is 2.75. The Hall–Kier alpha value is -0.0400. The molecule has 1 heteroatoms. The molecule has 0 N–H and O–H groups in total. The smallest absolute Gasteiger partial charge is 0.0160 e. The third-order valence-electron chi connectivity index (χ3n) is 5.67. The zero-order valence-corrected chi connectivity index (χ0v) is 9.79. The summed E-state index contributed by atoms with van der Waals surface area (Å²) in [6.45, 7) is 9.60. The van der Waals surface area contributed by atoms with Gasteiger partial charge in [0.15, 0.2) is 0 Å². The van der Waals surface area contributed by atoms with Crippen LogP contribution in [0.3, 0.4) is 0 Å². The van der Waals surface area contributed by atoms with Crippen LogP contribution in [0.25, 0.3) is 0 Å². The van der Waals surface area contributed by atoms with Crippen molar-refractivity contribution in [1.82, 2.24) is 4.90 Å². The standard InChI is InChI=1S/C13H23N/c1-4-13-8-9-7-10(13)11(13)12(9)14(5-2)6-3/h9-12H,4-8H2,1-3H3/t9-,10+,11-,12-,13+/m0/s1. The minimum absolute atomic E-state index is 0.845. The highest BCUT2D eigenvalue weighted by Crippen LogP contribution is 2.81. The predicted octanol–water partition coefficient (Wildman–Crippen LogP) is 2.76. The van der Waals surface area contributed by atoms with E-state index in [1.165, 1.54) is 19.5 Å². The van der Waals surface area contributed by atoms with Crippen molar-refractivity contribution in [3.63, 3.8) is 0 Å². The second-order valence-corrected chi connectivity index (χ2v) is 5.63. The first-order valence-corrected chi connectivity index (χ1v) is 6.52. The Morgan fingerprint density at radius 2 is 1.93 bits per heavy atom. The van der Waals surface area contributed by atoms with Gasteiger partial charge in [0, 0.05) is 6.04 Å². The third-order valence-corrected chi connectivity index (χ3v) is 5.67. The van der Waals surface area contributed by atoms with E-state index in [0.29, 0.717) is 0 Å². The van der Waals surface area contributed by atoms with Gasteiger partial charge in [0.1, 0.15) is 0 Å². The maximum Gasteiger partial charge on any atom is 0.0160 e. The summed E-state index contributed by atoms with van der Waals surface area (Å²) in [4.78, 5) is 2.74. The average Bonchev–Trinajstić information content (AvgIpc) is 2.65. The van der Waals surface area contributed by atoms with Crippen LogP contribution in [-0.4, -0.2) is 24.0 Å². The molecule has 14 heavy (non-hydrogen) atoms. The minimum Gasteiger partial charge on any atom is -0.300 e. The third kappa shape index (κ3) is 0.816. The summed E-state index contributed by atoms with van der Waals surface area (Å²) < 4.78 is 0. The van der Waals surface area contributed by atoms with Gasteiger partial charge in [0.25, 0.3) is 0 Å². The van der Waals surface area contributed by atoms with Crippen LogP contribution in [0, 0.1) is 23.2 Å². The quantitative estimate of drug-likeness (QED) is 0.663. The molecule has 0 aromatic rings. The first-order chi connectivity index (χ1) is 6.78. The highest BCUT2D eigenvalue weighted by Gasteiger charge is 2.77. The van der Waals surface area contributed by atoms with Crippen LogP contribution < -0.4 is 0 Å². The lowest BCUT2D eigenvalue weighted by molar-refractivity contribution is 0.177. The van der Waals surface area contributed by atoms with Crippen molar-refractivity contribution in [2.24, 2.45) is 23.2 Å². The fourth-order valence-corrected chi connectivity index (χ4v) is 5.12. The van der Waals surface area contributed by atoms with E-state index in [1.54, 1.807) is 12.8 Å². The highest BCUT2D eigenvalue weighted by molar-refractivity contribution is 5.27. The van der Waals surface area contributed by atoms with Gasteiger partial charge in [0.2, 0.25) is 0 Å². The van der Waals surface area contributed by atoms with Gasteiger partial charge >= 0.3 is 0 Å². The van der Waals surface area contributed by atoms with Gasteiger partial charge in [-0.3, -0.25) is 0 Å². The van der Waals surface area contributed by atoms with Gasteiger partial charge in [-0.2, -0.15) is 0 Å². The Morgan fingerprint density at radius 3 is 2.36 bits per heavy atom. The molecule has 4 fully saturated rings. The number of nitrogens with zero attached hydrogens (tertiary/aromatic N) is 1. The molecule has 4 bridgehead atoms. The van der Waals surface area contributed by atoms with E-state index >= 15 is 0 Å². The van der Waals surface area contributed by atoms with E-state index < -0.39 is 0 Å². The van der Waals surface area contributed by atoms with Gasteiger partial charge in [-0.1, -0.05) is 20.8 Å². The molecule has 0 radical (unpaired) electrons. The van der Waals surface area contributed by atoms with Crippen LogP contribution in [-0.2, 0) is 0 Å². The van der Waals surface area contributed by atoms with Crippen molar-refractivity contribution in [1.29, 1.82) is 0 Å². The van der Waals surface area contributed by atoms with E-state index in [2.05, 4.69) is 25.7 Å². The average molecular weight is 193 g/mol. The molecule has 0 spiro atoms. The van der Waals surface area contributed by atoms with Crippen LogP contribution in [0.2, 0.25) is 0 Å². The fourth-order valence-electron chi connectivity index (χ4n) is 5.12. The molecule has 0 amide bonds. The molecule has 0 aromatic carbocycles. The van der Waals surface area contributed by atoms with E-state index in [9.17, 15) is 0 Å². The SMILES string of the molecule is CCN(CC)[C@H]1[C@H]2C[C@@H]3[C@@H]1[C@]3(CC)C2. The van der Waals surface area contributed by atoms with Gasteiger partial charge in [0.05, 0.1) is 0 Å². The molecule has 4 aliphatic rings. The highest BCUT2D eigenvalue weighted by atomic mass is 15.2. The first-order valence-electron chi connectivity index (χ1n) is 6.52. The Bertz CT molecular complexity index is 246. The fraction of sp³-hybridized carbons (Fsp3) is 1.00. The summed E-state index contributed by atoms with van der Waals surface area (Å²) in [6, 6.07) is 0.981. The molecule has 0 aliphatic heterocycles. The summed E-state index contributed by atoms with van der Waals surface area (Å²) >= 11 is 0. The van der Waals surface area contributed by atoms with Crippen molar-refractivity contribution in [3.05, 3.63) is 0 Å². The molecule has 0 unspecified atom stereocenters. The maximum atomic E-state index is 2.74. The van der Waals surface area contributed by atoms with Crippen LogP contribution in [0.15, 0.2) is 0 Å². The Balaban J connectivity index is 1.81. The molecule has 1 nitrogen and oxygen atoms in total. The largest absolute Gasteiger partial charge is 0.300 e. The first kappa shape index (κ1) is 9.21. The van der Waals surface area contributed by atoms with Crippen molar-refractivity contribution in [2.45, 2.75) is 46.1 Å². The van der Waals surface area contributed by atoms with Crippen LogP contribution in [0.5, 0.6) is 0 Å². The number of hydrogen-bond acceptors (Lipinski definition) is 1. The molecule has 0 saturated heterocycles. The van der Waals surface area contributed by atoms with Crippen LogP contribution in [0.4, 0.5) is 0 Å². The Morgan fingerprint density at radius 1 is 1.21 bits per heavy atom. The van der Waals surface area contributed by atoms with Crippen LogP contribution >= 0.6 is 0 Å². The van der Waals surface area contributed by atoms with Crippen molar-refractivity contribution >= 4 is 0 Å². The molecule has 4 aliphatic carbocycles. The van der Waals surface area contributed by atoms with Gasteiger partial charge in [-0.15, -0.1) is 0 Å². The summed E-state index contributed by atoms with van der Waals surface area (Å²) in [6.07, 6.45) is 4.59. The Kier molecular flexibility index (Phi) is 1.81. The lowest BCUT2D eigenvalue weighted by atomic mass is 10.0. The number of hydrogen-bond donors (Lipinski definition) is 0. The molecule has 80 valence electrons. The lowest BCUT2D eigenvalue weighted by Gasteiger charge is -2.29. The monoisotopic (exact) mass is 193 g/mol. The molecule has 5 atom stereocenters. The van der Waals surface area contributed by atoms with Gasteiger partial charge in [-0.05, 0) is 55.5 Å². The van der Waals surface area contributed by atoms with Gasteiger partial charge < -0.3 is 4.90 Å². The molecule has 4 saturated carbocycles. The molecular formula is C13H23N. The van der Waals surface area contributed by atoms with Crippen molar-refractivity contribution in [3.8, 4) is 0 Å². The van der Waals surface area contributed by atoms with Crippen molar-refractivity contribution in [2.75, 3.05) is 13.1 Å². The van der Waals surface area contributed by atoms with E-state index in [-0.39, 0.29) is 0 Å². The van der Waals surface area contributed by atoms with E-state index in [1.807, 2.05) is 0 Å². The zero-order chi connectivity index (χ0) is 9.92. The van der Waals surface area contributed by atoms with Gasteiger partial charge in [-0.25, -0.2) is 0 Å². The summed E-state index contributed by atoms with van der Waals surface area (Å²) in [5.41, 5.74) is 0.845. The molecule has 0 heterocycles. The maximum absolute atomic E-state index is 2.74. The topological polar surface area (TPSA) is 3.24 Å². The van der Waals surface area contributed by atoms with Crippen LogP contribution in [0.1, 0.15) is 40.0 Å². The lowest BCUT2D eigenvalue weighted by Crippen LogP contribution is -2.37. The zero-order valence-electron chi connectivity index (χ0n) is 9.79. The molecule has 4 rings (SSSR count). The number of rotatable bonds is 4. The summed E-state index contributed by atoms with van der Waals surface area (Å²) in [5.74, 6) is 3.32. The van der Waals surface area contributed by atoms with Crippen molar-refractivity contribution < 1.29 is 0 Å². The molecular weight excluding hydrogens is 170 g/mol.